The number of carbonyl (C=O) groups excluding carboxylic acids is 1. The Labute approximate surface area is 219 Å². The molecule has 1 amide bonds. The van der Waals surface area contributed by atoms with E-state index in [1.165, 1.54) is 16.8 Å². The number of piperazine rings is 1. The number of rotatable bonds is 7. The third kappa shape index (κ3) is 5.64. The molecule has 1 aromatic heterocycles. The lowest BCUT2D eigenvalue weighted by atomic mass is 10.0. The van der Waals surface area contributed by atoms with E-state index in [0.717, 1.165) is 50.3 Å². The maximum absolute atomic E-state index is 13.9. The van der Waals surface area contributed by atoms with Gasteiger partial charge in [0, 0.05) is 62.5 Å². The predicted octanol–water partition coefficient (Wildman–Crippen LogP) is 4.39. The molecule has 0 unspecified atom stereocenters. The second kappa shape index (κ2) is 11.3. The fourth-order valence-corrected chi connectivity index (χ4v) is 5.70. The van der Waals surface area contributed by atoms with E-state index >= 15 is 0 Å². The van der Waals surface area contributed by atoms with Gasteiger partial charge >= 0.3 is 0 Å². The van der Waals surface area contributed by atoms with Crippen LogP contribution in [-0.2, 0) is 24.1 Å². The van der Waals surface area contributed by atoms with E-state index in [1.54, 1.807) is 6.07 Å². The van der Waals surface area contributed by atoms with Crippen LogP contribution in [0.5, 0.6) is 0 Å². The highest BCUT2D eigenvalue weighted by Gasteiger charge is 2.29. The normalized spacial score (nSPS) is 17.8. The average Bonchev–Trinajstić information content (AvgIpc) is 3.43. The highest BCUT2D eigenvalue weighted by Crippen LogP contribution is 2.23. The maximum atomic E-state index is 13.9. The molecule has 0 saturated carbocycles. The molecule has 6 heteroatoms. The second-order valence-corrected chi connectivity index (χ2v) is 10.3. The highest BCUT2D eigenvalue weighted by atomic mass is 16.5. The van der Waals surface area contributed by atoms with Gasteiger partial charge in [-0.15, -0.1) is 0 Å². The van der Waals surface area contributed by atoms with Gasteiger partial charge in [-0.1, -0.05) is 48.5 Å². The number of hydrogen-bond acceptors (Lipinski definition) is 4. The zero-order valence-electron chi connectivity index (χ0n) is 22.0. The van der Waals surface area contributed by atoms with Crippen LogP contribution >= 0.6 is 0 Å². The Hall–Kier alpha value is -3.38. The number of anilines is 1. The molecule has 2 aromatic carbocycles. The molecule has 2 aliphatic rings. The van der Waals surface area contributed by atoms with Crippen molar-refractivity contribution in [3.63, 3.8) is 0 Å². The number of ether oxygens (including phenoxy) is 1. The Morgan fingerprint density at radius 2 is 1.68 bits per heavy atom. The van der Waals surface area contributed by atoms with Gasteiger partial charge in [-0.25, -0.2) is 0 Å². The monoisotopic (exact) mass is 499 g/mol. The maximum Gasteiger partial charge on any atom is 0.259 e. The number of benzene rings is 2. The Balaban J connectivity index is 1.42. The molecular formula is C31H37N3O3. The van der Waals surface area contributed by atoms with Crippen molar-refractivity contribution in [3.8, 4) is 0 Å². The first kappa shape index (κ1) is 25.3. The number of aryl methyl sites for hydroxylation is 3. The number of para-hydroxylation sites is 1. The summed E-state index contributed by atoms with van der Waals surface area (Å²) in [6.45, 7) is 8.26. The fourth-order valence-electron chi connectivity index (χ4n) is 5.70. The smallest absolute Gasteiger partial charge is 0.259 e. The summed E-state index contributed by atoms with van der Waals surface area (Å²) < 4.78 is 8.12. The molecule has 0 radical (unpaired) electrons. The van der Waals surface area contributed by atoms with Gasteiger partial charge in [0.25, 0.3) is 5.91 Å². The zero-order chi connectivity index (χ0) is 25.8. The topological polar surface area (TPSA) is 54.8 Å². The van der Waals surface area contributed by atoms with Gasteiger partial charge in [-0.2, -0.15) is 0 Å². The molecule has 2 saturated heterocycles. The van der Waals surface area contributed by atoms with Crippen molar-refractivity contribution in [2.24, 2.45) is 0 Å². The van der Waals surface area contributed by atoms with Crippen molar-refractivity contribution in [1.29, 1.82) is 0 Å². The summed E-state index contributed by atoms with van der Waals surface area (Å²) in [4.78, 5) is 31.5. The molecule has 3 aromatic rings. The molecule has 5 rings (SSSR count). The van der Waals surface area contributed by atoms with Crippen LogP contribution in [0.3, 0.4) is 0 Å². The van der Waals surface area contributed by atoms with E-state index in [0.29, 0.717) is 31.6 Å². The molecular weight excluding hydrogens is 462 g/mol. The van der Waals surface area contributed by atoms with Gasteiger partial charge in [-0.05, 0) is 56.7 Å². The van der Waals surface area contributed by atoms with E-state index in [9.17, 15) is 9.59 Å². The quantitative estimate of drug-likeness (QED) is 0.484. The SMILES string of the molecule is Cc1ccccc1N1CCN(C(=O)c2c(CCc3ccccc3)n(C[C@H]3CCCO3)c(C)cc2=O)CC1. The van der Waals surface area contributed by atoms with Gasteiger partial charge < -0.3 is 19.1 Å². The number of carbonyl (C=O) groups is 1. The lowest BCUT2D eigenvalue weighted by Gasteiger charge is -2.37. The largest absolute Gasteiger partial charge is 0.376 e. The van der Waals surface area contributed by atoms with Crippen molar-refractivity contribution in [1.82, 2.24) is 9.47 Å². The number of aromatic nitrogens is 1. The summed E-state index contributed by atoms with van der Waals surface area (Å²) >= 11 is 0. The minimum absolute atomic E-state index is 0.122. The minimum atomic E-state index is -0.171. The summed E-state index contributed by atoms with van der Waals surface area (Å²) in [5.41, 5.74) is 5.55. The number of amides is 1. The van der Waals surface area contributed by atoms with Gasteiger partial charge in [0.05, 0.1) is 6.10 Å². The van der Waals surface area contributed by atoms with Crippen LogP contribution in [0.15, 0.2) is 65.5 Å². The first-order valence-electron chi connectivity index (χ1n) is 13.5. The molecule has 2 aliphatic heterocycles. The van der Waals surface area contributed by atoms with Gasteiger partial charge in [-0.3, -0.25) is 9.59 Å². The van der Waals surface area contributed by atoms with Crippen molar-refractivity contribution in [2.75, 3.05) is 37.7 Å². The Morgan fingerprint density at radius 1 is 0.946 bits per heavy atom. The highest BCUT2D eigenvalue weighted by molar-refractivity contribution is 5.95. The van der Waals surface area contributed by atoms with Crippen molar-refractivity contribution < 1.29 is 9.53 Å². The molecule has 0 spiro atoms. The Morgan fingerprint density at radius 3 is 2.38 bits per heavy atom. The van der Waals surface area contributed by atoms with Crippen LogP contribution in [-0.4, -0.2) is 54.3 Å². The lowest BCUT2D eigenvalue weighted by molar-refractivity contribution is 0.0739. The average molecular weight is 500 g/mol. The number of nitrogens with zero attached hydrogens (tertiary/aromatic N) is 3. The molecule has 0 aliphatic carbocycles. The van der Waals surface area contributed by atoms with E-state index in [1.807, 2.05) is 30.0 Å². The summed E-state index contributed by atoms with van der Waals surface area (Å²) in [6.07, 6.45) is 3.60. The lowest BCUT2D eigenvalue weighted by Crippen LogP contribution is -2.50. The van der Waals surface area contributed by atoms with Gasteiger partial charge in [0.15, 0.2) is 5.43 Å². The van der Waals surface area contributed by atoms with Crippen LogP contribution in [0, 0.1) is 13.8 Å². The van der Waals surface area contributed by atoms with Crippen LogP contribution in [0.4, 0.5) is 5.69 Å². The third-order valence-corrected chi connectivity index (χ3v) is 7.77. The first-order chi connectivity index (χ1) is 18.0. The van der Waals surface area contributed by atoms with Crippen molar-refractivity contribution in [2.45, 2.75) is 52.2 Å². The molecule has 37 heavy (non-hydrogen) atoms. The van der Waals surface area contributed by atoms with E-state index in [2.05, 4.69) is 52.8 Å². The van der Waals surface area contributed by atoms with E-state index in [-0.39, 0.29) is 17.4 Å². The van der Waals surface area contributed by atoms with Crippen molar-refractivity contribution >= 4 is 11.6 Å². The standard InChI is InChI=1S/C31H37N3O3/c1-23-9-6-7-13-27(23)32-16-18-33(19-17-32)31(36)30-28(15-14-25-10-4-3-5-11-25)34(24(2)21-29(30)35)22-26-12-8-20-37-26/h3-7,9-11,13,21,26H,8,12,14-20,22H2,1-2H3/t26-/m1/s1. The second-order valence-electron chi connectivity index (χ2n) is 10.3. The zero-order valence-corrected chi connectivity index (χ0v) is 22.0. The van der Waals surface area contributed by atoms with Gasteiger partial charge in [0.2, 0.25) is 0 Å². The molecule has 3 heterocycles. The molecule has 194 valence electrons. The van der Waals surface area contributed by atoms with Crippen LogP contribution < -0.4 is 10.3 Å². The minimum Gasteiger partial charge on any atom is -0.376 e. The van der Waals surface area contributed by atoms with Crippen LogP contribution in [0.2, 0.25) is 0 Å². The summed E-state index contributed by atoms with van der Waals surface area (Å²) in [5, 5.41) is 0. The Kier molecular flexibility index (Phi) is 7.75. The molecule has 0 bridgehead atoms. The first-order valence-corrected chi connectivity index (χ1v) is 13.5. The Bertz CT molecular complexity index is 1290. The summed E-state index contributed by atoms with van der Waals surface area (Å²) in [5.74, 6) is -0.140. The van der Waals surface area contributed by atoms with Crippen LogP contribution in [0.1, 0.15) is 45.7 Å². The summed E-state index contributed by atoms with van der Waals surface area (Å²) in [7, 11) is 0. The molecule has 6 nitrogen and oxygen atoms in total. The molecule has 1 atom stereocenters. The third-order valence-electron chi connectivity index (χ3n) is 7.77. The number of pyridine rings is 1. The number of hydrogen-bond donors (Lipinski definition) is 0. The van der Waals surface area contributed by atoms with Crippen LogP contribution in [0.25, 0.3) is 0 Å². The van der Waals surface area contributed by atoms with E-state index < -0.39 is 0 Å². The summed E-state index contributed by atoms with van der Waals surface area (Å²) in [6, 6.07) is 20.3. The predicted molar refractivity (Wildman–Crippen MR) is 148 cm³/mol. The molecule has 0 N–H and O–H groups in total. The van der Waals surface area contributed by atoms with Crippen molar-refractivity contribution in [3.05, 3.63) is 99.0 Å². The fraction of sp³-hybridized carbons (Fsp3) is 0.419. The van der Waals surface area contributed by atoms with Gasteiger partial charge in [0.1, 0.15) is 5.56 Å². The molecule has 2 fully saturated rings. The van der Waals surface area contributed by atoms with E-state index in [4.69, 9.17) is 4.74 Å².